The predicted molar refractivity (Wildman–Crippen MR) is 76.1 cm³/mol. The van der Waals surface area contributed by atoms with Crippen LogP contribution in [-0.2, 0) is 7.05 Å². The van der Waals surface area contributed by atoms with E-state index in [2.05, 4.69) is 10.3 Å². The summed E-state index contributed by atoms with van der Waals surface area (Å²) in [5.41, 5.74) is 2.61. The second-order valence-electron chi connectivity index (χ2n) is 4.85. The molecule has 0 radical (unpaired) electrons. The molecule has 102 valence electrons. The summed E-state index contributed by atoms with van der Waals surface area (Å²) in [6.45, 7) is 0. The van der Waals surface area contributed by atoms with Crippen LogP contribution in [0.25, 0.3) is 11.0 Å². The molecule has 0 bridgehead atoms. The standard InChI is InChI=1S/C15H10N4O2/c1-18-11-7-4-8-12(13(11)16-17-18)19-14(20)9-5-2-3-6-10(9)15(19)21/h2-8H,1H3. The first-order valence-electron chi connectivity index (χ1n) is 6.44. The van der Waals surface area contributed by atoms with Crippen LogP contribution in [0.5, 0.6) is 0 Å². The van der Waals surface area contributed by atoms with Crippen LogP contribution in [-0.4, -0.2) is 26.8 Å². The molecule has 2 heterocycles. The van der Waals surface area contributed by atoms with Gasteiger partial charge in [0.15, 0.2) is 0 Å². The Morgan fingerprint density at radius 3 is 2.24 bits per heavy atom. The van der Waals surface area contributed by atoms with Crippen LogP contribution < -0.4 is 4.90 Å². The molecule has 0 saturated heterocycles. The quantitative estimate of drug-likeness (QED) is 0.636. The summed E-state index contributed by atoms with van der Waals surface area (Å²) in [5, 5.41) is 8.01. The lowest BCUT2D eigenvalue weighted by Crippen LogP contribution is -2.29. The highest BCUT2D eigenvalue weighted by molar-refractivity contribution is 6.35. The van der Waals surface area contributed by atoms with Gasteiger partial charge in [0, 0.05) is 7.05 Å². The maximum Gasteiger partial charge on any atom is 0.266 e. The number of rotatable bonds is 1. The van der Waals surface area contributed by atoms with E-state index in [1.165, 1.54) is 4.90 Å². The van der Waals surface area contributed by atoms with E-state index in [-0.39, 0.29) is 11.8 Å². The monoisotopic (exact) mass is 278 g/mol. The summed E-state index contributed by atoms with van der Waals surface area (Å²) in [4.78, 5) is 26.2. The molecule has 6 heteroatoms. The number of carbonyl (C=O) groups excluding carboxylic acids is 2. The lowest BCUT2D eigenvalue weighted by molar-refractivity contribution is 0.0926. The summed E-state index contributed by atoms with van der Waals surface area (Å²) < 4.78 is 1.61. The zero-order chi connectivity index (χ0) is 14.6. The average molecular weight is 278 g/mol. The summed E-state index contributed by atoms with van der Waals surface area (Å²) in [6.07, 6.45) is 0. The highest BCUT2D eigenvalue weighted by Gasteiger charge is 2.37. The van der Waals surface area contributed by atoms with Crippen molar-refractivity contribution < 1.29 is 9.59 Å². The Labute approximate surface area is 119 Å². The number of benzene rings is 2. The number of amides is 2. The van der Waals surface area contributed by atoms with Gasteiger partial charge in [0.2, 0.25) is 0 Å². The molecule has 0 saturated carbocycles. The van der Waals surface area contributed by atoms with Crippen molar-refractivity contribution in [1.82, 2.24) is 15.0 Å². The molecule has 1 aliphatic rings. The third kappa shape index (κ3) is 1.47. The highest BCUT2D eigenvalue weighted by Crippen LogP contribution is 2.32. The minimum absolute atomic E-state index is 0.325. The molecule has 4 rings (SSSR count). The Morgan fingerprint density at radius 1 is 0.905 bits per heavy atom. The SMILES string of the molecule is Cn1nnc2c(N3C(=O)c4ccccc4C3=O)cccc21. The molecule has 21 heavy (non-hydrogen) atoms. The fraction of sp³-hybridized carbons (Fsp3) is 0.0667. The van der Waals surface area contributed by atoms with E-state index < -0.39 is 0 Å². The van der Waals surface area contributed by atoms with Crippen LogP contribution in [0.2, 0.25) is 0 Å². The van der Waals surface area contributed by atoms with E-state index >= 15 is 0 Å². The van der Waals surface area contributed by atoms with Gasteiger partial charge in [-0.1, -0.05) is 23.4 Å². The minimum Gasteiger partial charge on any atom is -0.268 e. The second-order valence-corrected chi connectivity index (χ2v) is 4.85. The molecule has 0 unspecified atom stereocenters. The minimum atomic E-state index is -0.325. The van der Waals surface area contributed by atoms with Crippen molar-refractivity contribution in [2.24, 2.45) is 7.05 Å². The van der Waals surface area contributed by atoms with Gasteiger partial charge in [-0.25, -0.2) is 9.58 Å². The number of aryl methyl sites for hydroxylation is 1. The molecule has 0 aliphatic carbocycles. The third-order valence-corrected chi connectivity index (χ3v) is 3.66. The summed E-state index contributed by atoms with van der Waals surface area (Å²) in [5.74, 6) is -0.650. The summed E-state index contributed by atoms with van der Waals surface area (Å²) in [7, 11) is 1.77. The average Bonchev–Trinajstić information content (AvgIpc) is 3.00. The normalized spacial score (nSPS) is 14.0. The topological polar surface area (TPSA) is 68.1 Å². The van der Waals surface area contributed by atoms with Gasteiger partial charge in [0.25, 0.3) is 11.8 Å². The second kappa shape index (κ2) is 3.99. The van der Waals surface area contributed by atoms with Gasteiger partial charge in [-0.05, 0) is 24.3 Å². The predicted octanol–water partition coefficient (Wildman–Crippen LogP) is 1.77. The van der Waals surface area contributed by atoms with Crippen molar-refractivity contribution in [2.75, 3.05) is 4.90 Å². The Balaban J connectivity index is 1.95. The van der Waals surface area contributed by atoms with E-state index in [4.69, 9.17) is 0 Å². The maximum absolute atomic E-state index is 12.5. The van der Waals surface area contributed by atoms with Gasteiger partial charge in [-0.15, -0.1) is 5.10 Å². The molecule has 1 aliphatic heterocycles. The van der Waals surface area contributed by atoms with E-state index in [0.29, 0.717) is 22.3 Å². The third-order valence-electron chi connectivity index (χ3n) is 3.66. The van der Waals surface area contributed by atoms with E-state index in [0.717, 1.165) is 5.52 Å². The molecular weight excluding hydrogens is 268 g/mol. The number of carbonyl (C=O) groups is 2. The van der Waals surface area contributed by atoms with Crippen LogP contribution in [0.3, 0.4) is 0 Å². The number of hydrogen-bond donors (Lipinski definition) is 0. The van der Waals surface area contributed by atoms with Crippen LogP contribution in [0.15, 0.2) is 42.5 Å². The van der Waals surface area contributed by atoms with Crippen LogP contribution in [0.4, 0.5) is 5.69 Å². The highest BCUT2D eigenvalue weighted by atomic mass is 16.2. The fourth-order valence-electron chi connectivity index (χ4n) is 2.63. The lowest BCUT2D eigenvalue weighted by atomic mass is 10.1. The van der Waals surface area contributed by atoms with E-state index in [9.17, 15) is 9.59 Å². The van der Waals surface area contributed by atoms with Gasteiger partial charge in [-0.3, -0.25) is 9.59 Å². The molecule has 3 aromatic rings. The lowest BCUT2D eigenvalue weighted by Gasteiger charge is -2.13. The van der Waals surface area contributed by atoms with Crippen molar-refractivity contribution in [3.05, 3.63) is 53.6 Å². The molecule has 2 aromatic carbocycles. The van der Waals surface area contributed by atoms with Gasteiger partial charge >= 0.3 is 0 Å². The number of imide groups is 1. The zero-order valence-corrected chi connectivity index (χ0v) is 11.1. The molecule has 1 aromatic heterocycles. The molecule has 0 fully saturated rings. The van der Waals surface area contributed by atoms with Crippen LogP contribution >= 0.6 is 0 Å². The van der Waals surface area contributed by atoms with Crippen molar-refractivity contribution in [2.45, 2.75) is 0 Å². The van der Waals surface area contributed by atoms with Crippen molar-refractivity contribution in [3.8, 4) is 0 Å². The van der Waals surface area contributed by atoms with E-state index in [1.54, 1.807) is 48.1 Å². The van der Waals surface area contributed by atoms with Crippen LogP contribution in [0, 0.1) is 0 Å². The van der Waals surface area contributed by atoms with E-state index in [1.807, 2.05) is 6.07 Å². The Hall–Kier alpha value is -3.02. The number of aromatic nitrogens is 3. The van der Waals surface area contributed by atoms with Gasteiger partial charge in [-0.2, -0.15) is 0 Å². The zero-order valence-electron chi connectivity index (χ0n) is 11.1. The van der Waals surface area contributed by atoms with Gasteiger partial charge < -0.3 is 0 Å². The number of fused-ring (bicyclic) bond motifs is 2. The van der Waals surface area contributed by atoms with Crippen LogP contribution in [0.1, 0.15) is 20.7 Å². The van der Waals surface area contributed by atoms with Gasteiger partial charge in [0.1, 0.15) is 5.52 Å². The Morgan fingerprint density at radius 2 is 1.57 bits per heavy atom. The van der Waals surface area contributed by atoms with Crippen molar-refractivity contribution >= 4 is 28.5 Å². The van der Waals surface area contributed by atoms with Crippen molar-refractivity contribution in [1.29, 1.82) is 0 Å². The summed E-state index contributed by atoms with van der Waals surface area (Å²) >= 11 is 0. The largest absolute Gasteiger partial charge is 0.268 e. The molecule has 2 amide bonds. The first-order chi connectivity index (χ1) is 10.2. The Kier molecular flexibility index (Phi) is 2.24. The smallest absolute Gasteiger partial charge is 0.266 e. The number of hydrogen-bond acceptors (Lipinski definition) is 4. The van der Waals surface area contributed by atoms with Crippen molar-refractivity contribution in [3.63, 3.8) is 0 Å². The maximum atomic E-state index is 12.5. The molecule has 0 atom stereocenters. The summed E-state index contributed by atoms with van der Waals surface area (Å²) in [6, 6.07) is 12.1. The number of anilines is 1. The van der Waals surface area contributed by atoms with Gasteiger partial charge in [0.05, 0.1) is 22.3 Å². The Bertz CT molecular complexity index is 878. The molecule has 0 N–H and O–H groups in total. The first kappa shape index (κ1) is 11.8. The molecule has 0 spiro atoms. The number of nitrogens with zero attached hydrogens (tertiary/aromatic N) is 4. The molecular formula is C15H10N4O2. The fourth-order valence-corrected chi connectivity index (χ4v) is 2.63. The first-order valence-corrected chi connectivity index (χ1v) is 6.44. The molecule has 6 nitrogen and oxygen atoms in total.